The smallest absolute Gasteiger partial charge is 0.263 e. The second-order valence-electron chi connectivity index (χ2n) is 13.4. The van der Waals surface area contributed by atoms with E-state index in [1.807, 2.05) is 30.3 Å². The Morgan fingerprint density at radius 2 is 1.94 bits per heavy atom. The average Bonchev–Trinajstić information content (AvgIpc) is 3.67. The first-order valence-electron chi connectivity index (χ1n) is 16.1. The van der Waals surface area contributed by atoms with Crippen molar-refractivity contribution < 1.29 is 43.7 Å². The van der Waals surface area contributed by atoms with Gasteiger partial charge in [-0.2, -0.15) is 0 Å². The lowest BCUT2D eigenvalue weighted by molar-refractivity contribution is -0.0559. The van der Waals surface area contributed by atoms with E-state index in [0.29, 0.717) is 12.0 Å². The van der Waals surface area contributed by atoms with Gasteiger partial charge in [0.2, 0.25) is 5.78 Å². The van der Waals surface area contributed by atoms with Crippen molar-refractivity contribution in [2.45, 2.75) is 62.9 Å². The van der Waals surface area contributed by atoms with Crippen molar-refractivity contribution in [3.8, 4) is 11.6 Å². The van der Waals surface area contributed by atoms with E-state index in [2.05, 4.69) is 26.0 Å². The average molecular weight is 727 g/mol. The zero-order chi connectivity index (χ0) is 34.1. The molecule has 0 amide bonds. The number of Topliss-reactive ketones (excluding diaryl/α,β-unsaturated/α-hetero) is 2. The normalized spacial score (nSPS) is 26.8. The van der Waals surface area contributed by atoms with Crippen LogP contribution in [0.15, 0.2) is 50.7 Å². The van der Waals surface area contributed by atoms with Crippen molar-refractivity contribution in [3.05, 3.63) is 85.5 Å². The number of rotatable bonds is 8. The standard InChI is InChI=1S/C35H37BrFN3O8/c1-39(2)28-22-14-18-13-20-24(29(42)23(18)32(43)35(22,46)33(44)25-31(28)48-38-34(25)45)30(47-16-17-7-4-3-5-8-17)26(36)21(27(20)37)15-40-11-6-9-19(40)10-12-41/h3-5,7-8,18-19,22,28,41,43,46H,6,9-16H2,1-2H3,(H,38,45)/t18-,19-,22-,28-,35-/m0/s1. The van der Waals surface area contributed by atoms with Crippen LogP contribution in [-0.2, 0) is 19.6 Å². The number of aliphatic hydroxyl groups excluding tert-OH is 2. The molecular formula is C35H37BrFN3O8. The molecule has 254 valence electrons. The maximum atomic E-state index is 16.9. The molecule has 1 fully saturated rings. The third kappa shape index (κ3) is 4.93. The maximum Gasteiger partial charge on any atom is 0.263 e. The van der Waals surface area contributed by atoms with Crippen molar-refractivity contribution in [3.63, 3.8) is 0 Å². The number of ketones is 2. The minimum absolute atomic E-state index is 0.00375. The van der Waals surface area contributed by atoms with E-state index in [4.69, 9.17) is 9.26 Å². The van der Waals surface area contributed by atoms with Crippen LogP contribution in [0.4, 0.5) is 4.39 Å². The third-order valence-electron chi connectivity index (χ3n) is 10.6. The van der Waals surface area contributed by atoms with E-state index < -0.39 is 52.5 Å². The van der Waals surface area contributed by atoms with E-state index in [1.54, 1.807) is 19.0 Å². The monoisotopic (exact) mass is 725 g/mol. The first kappa shape index (κ1) is 32.9. The molecule has 1 saturated heterocycles. The second kappa shape index (κ2) is 12.4. The molecule has 4 N–H and O–H groups in total. The molecule has 0 radical (unpaired) electrons. The predicted octanol–water partition coefficient (Wildman–Crippen LogP) is 4.62. The van der Waals surface area contributed by atoms with Crippen LogP contribution in [0, 0.1) is 17.7 Å². The van der Waals surface area contributed by atoms with Gasteiger partial charge in [0, 0.05) is 41.8 Å². The van der Waals surface area contributed by atoms with Crippen molar-refractivity contribution in [2.24, 2.45) is 11.8 Å². The molecule has 0 bridgehead atoms. The van der Waals surface area contributed by atoms with Crippen LogP contribution in [0.5, 0.6) is 11.6 Å². The number of aromatic hydroxyl groups is 1. The second-order valence-corrected chi connectivity index (χ2v) is 14.2. The molecule has 2 aromatic carbocycles. The third-order valence-corrected chi connectivity index (χ3v) is 11.4. The maximum absolute atomic E-state index is 16.9. The molecule has 1 aliphatic heterocycles. The van der Waals surface area contributed by atoms with Gasteiger partial charge in [0.15, 0.2) is 17.1 Å². The SMILES string of the molecule is CN(C)[C@@H]1c2onc(O)c2C(=O)[C@@]2(O)C(O)=C3C(=O)c4c(c(F)c(CN5CCC[C@H]5CCO)c(Br)c4OCc4ccccc4)C[C@H]3C[C@@H]12. The lowest BCUT2D eigenvalue weighted by atomic mass is 9.58. The van der Waals surface area contributed by atoms with Gasteiger partial charge in [0.1, 0.15) is 29.5 Å². The number of carbonyl (C=O) groups is 2. The summed E-state index contributed by atoms with van der Waals surface area (Å²) >= 11 is 3.58. The number of halogens is 2. The quantitative estimate of drug-likeness (QED) is 0.257. The number of nitrogens with zero attached hydrogens (tertiary/aromatic N) is 3. The van der Waals surface area contributed by atoms with Gasteiger partial charge >= 0.3 is 0 Å². The molecule has 1 aromatic heterocycles. The summed E-state index contributed by atoms with van der Waals surface area (Å²) in [4.78, 5) is 32.2. The van der Waals surface area contributed by atoms with Gasteiger partial charge < -0.3 is 29.7 Å². The lowest BCUT2D eigenvalue weighted by Gasteiger charge is -2.49. The summed E-state index contributed by atoms with van der Waals surface area (Å²) in [5, 5.41) is 47.5. The fourth-order valence-electron chi connectivity index (χ4n) is 8.33. The summed E-state index contributed by atoms with van der Waals surface area (Å²) in [5.41, 5.74) is -1.88. The highest BCUT2D eigenvalue weighted by Crippen LogP contribution is 2.57. The number of ether oxygens (including phenoxy) is 1. The number of hydrogen-bond acceptors (Lipinski definition) is 11. The Morgan fingerprint density at radius 1 is 1.19 bits per heavy atom. The van der Waals surface area contributed by atoms with Gasteiger partial charge in [-0.15, -0.1) is 0 Å². The van der Waals surface area contributed by atoms with Gasteiger partial charge in [-0.05, 0) is 85.3 Å². The minimum atomic E-state index is -2.57. The number of allylic oxidation sites excluding steroid dienone is 1. The summed E-state index contributed by atoms with van der Waals surface area (Å²) < 4.78 is 28.8. The van der Waals surface area contributed by atoms with Crippen LogP contribution >= 0.6 is 15.9 Å². The highest BCUT2D eigenvalue weighted by molar-refractivity contribution is 9.10. The van der Waals surface area contributed by atoms with Crippen molar-refractivity contribution >= 4 is 27.5 Å². The summed E-state index contributed by atoms with van der Waals surface area (Å²) in [6.07, 6.45) is 2.41. The predicted molar refractivity (Wildman–Crippen MR) is 173 cm³/mol. The van der Waals surface area contributed by atoms with Crippen molar-refractivity contribution in [2.75, 3.05) is 27.2 Å². The molecule has 48 heavy (non-hydrogen) atoms. The van der Waals surface area contributed by atoms with Gasteiger partial charge in [0.25, 0.3) is 5.88 Å². The summed E-state index contributed by atoms with van der Waals surface area (Å²) in [5.74, 6) is -5.45. The Balaban J connectivity index is 1.37. The van der Waals surface area contributed by atoms with E-state index in [-0.39, 0.29) is 76.9 Å². The Labute approximate surface area is 284 Å². The number of benzene rings is 2. The van der Waals surface area contributed by atoms with Crippen LogP contribution in [0.3, 0.4) is 0 Å². The van der Waals surface area contributed by atoms with Crippen molar-refractivity contribution in [1.82, 2.24) is 15.0 Å². The molecule has 7 rings (SSSR count). The van der Waals surface area contributed by atoms with Crippen LogP contribution in [0.25, 0.3) is 0 Å². The molecule has 5 atom stereocenters. The van der Waals surface area contributed by atoms with Crippen molar-refractivity contribution in [1.29, 1.82) is 0 Å². The van der Waals surface area contributed by atoms with E-state index in [1.165, 1.54) is 0 Å². The molecule has 4 aliphatic rings. The highest BCUT2D eigenvalue weighted by atomic mass is 79.9. The summed E-state index contributed by atoms with van der Waals surface area (Å²) in [6.45, 7) is 1.06. The van der Waals surface area contributed by atoms with Gasteiger partial charge in [-0.3, -0.25) is 19.4 Å². The Morgan fingerprint density at radius 3 is 2.65 bits per heavy atom. The molecule has 13 heteroatoms. The van der Waals surface area contributed by atoms with Crippen LogP contribution in [-0.4, -0.2) is 85.8 Å². The highest BCUT2D eigenvalue weighted by Gasteiger charge is 2.64. The number of hydrogen-bond donors (Lipinski definition) is 4. The van der Waals surface area contributed by atoms with Crippen LogP contribution in [0.2, 0.25) is 0 Å². The molecule has 3 aromatic rings. The first-order chi connectivity index (χ1) is 23.0. The summed E-state index contributed by atoms with van der Waals surface area (Å²) in [7, 11) is 3.40. The van der Waals surface area contributed by atoms with Gasteiger partial charge in [-0.1, -0.05) is 30.3 Å². The number of carbonyl (C=O) groups excluding carboxylic acids is 2. The zero-order valence-corrected chi connectivity index (χ0v) is 28.2. The number of fused-ring (bicyclic) bond motifs is 4. The molecule has 11 nitrogen and oxygen atoms in total. The zero-order valence-electron chi connectivity index (χ0n) is 26.6. The van der Waals surface area contributed by atoms with E-state index in [0.717, 1.165) is 24.9 Å². The minimum Gasteiger partial charge on any atom is -0.508 e. The topological polar surface area (TPSA) is 157 Å². The molecule has 0 saturated carbocycles. The molecule has 0 unspecified atom stereocenters. The number of aliphatic hydroxyl groups is 3. The van der Waals surface area contributed by atoms with E-state index in [9.17, 15) is 30.0 Å². The molecule has 0 spiro atoms. The Hall–Kier alpha value is -3.62. The molecule has 3 aliphatic carbocycles. The molecular weight excluding hydrogens is 689 g/mol. The van der Waals surface area contributed by atoms with E-state index >= 15 is 4.39 Å². The Kier molecular flexibility index (Phi) is 8.48. The van der Waals surface area contributed by atoms with Gasteiger partial charge in [0.05, 0.1) is 16.1 Å². The largest absolute Gasteiger partial charge is 0.508 e. The summed E-state index contributed by atoms with van der Waals surface area (Å²) in [6, 6.07) is 8.58. The number of aromatic nitrogens is 1. The van der Waals surface area contributed by atoms with Crippen LogP contribution in [0.1, 0.15) is 74.9 Å². The fourth-order valence-corrected chi connectivity index (χ4v) is 8.94. The molecule has 2 heterocycles. The first-order valence-corrected chi connectivity index (χ1v) is 16.9. The Bertz CT molecular complexity index is 1830. The number of likely N-dealkylation sites (tertiary alicyclic amines) is 1. The lowest BCUT2D eigenvalue weighted by Crippen LogP contribution is -2.59. The fraction of sp³-hybridized carbons (Fsp3) is 0.457. The van der Waals surface area contributed by atoms with Gasteiger partial charge in [-0.25, -0.2) is 4.39 Å². The van der Waals surface area contributed by atoms with Crippen LogP contribution < -0.4 is 4.74 Å².